The second kappa shape index (κ2) is 6.92. The summed E-state index contributed by atoms with van der Waals surface area (Å²) in [5.74, 6) is 0.359. The molecule has 0 aliphatic heterocycles. The lowest BCUT2D eigenvalue weighted by Crippen LogP contribution is -2.28. The first kappa shape index (κ1) is 13.5. The highest BCUT2D eigenvalue weighted by molar-refractivity contribution is 9.09. The summed E-state index contributed by atoms with van der Waals surface area (Å²) in [5, 5.41) is 4.33. The molecule has 0 aliphatic rings. The third-order valence-corrected chi connectivity index (χ3v) is 3.12. The Balaban J connectivity index is 2.50. The van der Waals surface area contributed by atoms with Gasteiger partial charge >= 0.3 is 0 Å². The van der Waals surface area contributed by atoms with Crippen LogP contribution in [0.5, 0.6) is 0 Å². The molecule has 1 rings (SSSR count). The van der Waals surface area contributed by atoms with Crippen molar-refractivity contribution in [1.82, 2.24) is 5.32 Å². The Kier molecular flexibility index (Phi) is 5.85. The minimum atomic E-state index is -0.105. The van der Waals surface area contributed by atoms with Gasteiger partial charge in [-0.1, -0.05) is 46.6 Å². The third-order valence-electron chi connectivity index (χ3n) is 2.33. The molecular formula is C12H15BrClNO. The van der Waals surface area contributed by atoms with E-state index in [-0.39, 0.29) is 5.91 Å². The average Bonchev–Trinajstić information content (AvgIpc) is 2.27. The van der Waals surface area contributed by atoms with Gasteiger partial charge in [0.1, 0.15) is 0 Å². The van der Waals surface area contributed by atoms with Gasteiger partial charge in [-0.05, 0) is 24.5 Å². The van der Waals surface area contributed by atoms with Crippen LogP contribution in [0.4, 0.5) is 0 Å². The largest absolute Gasteiger partial charge is 0.352 e. The summed E-state index contributed by atoms with van der Waals surface area (Å²) in [7, 11) is 0. The van der Waals surface area contributed by atoms with Gasteiger partial charge in [-0.25, -0.2) is 0 Å². The Morgan fingerprint density at radius 2 is 2.19 bits per heavy atom. The number of amides is 1. The van der Waals surface area contributed by atoms with E-state index in [0.717, 1.165) is 11.8 Å². The highest BCUT2D eigenvalue weighted by Gasteiger charge is 2.10. The van der Waals surface area contributed by atoms with Crippen LogP contribution in [0.3, 0.4) is 0 Å². The first-order valence-electron chi connectivity index (χ1n) is 5.24. The van der Waals surface area contributed by atoms with Gasteiger partial charge in [0, 0.05) is 11.9 Å². The molecule has 1 atom stereocenters. The average molecular weight is 305 g/mol. The monoisotopic (exact) mass is 303 g/mol. The van der Waals surface area contributed by atoms with E-state index in [4.69, 9.17) is 11.6 Å². The lowest BCUT2D eigenvalue weighted by Gasteiger charge is -2.11. The second-order valence-corrected chi connectivity index (χ2v) is 4.97. The van der Waals surface area contributed by atoms with Crippen molar-refractivity contribution in [1.29, 1.82) is 0 Å². The first-order chi connectivity index (χ1) is 7.65. The van der Waals surface area contributed by atoms with Gasteiger partial charge in [0.05, 0.1) is 10.6 Å². The van der Waals surface area contributed by atoms with Gasteiger partial charge in [-0.2, -0.15) is 0 Å². The zero-order valence-electron chi connectivity index (χ0n) is 9.17. The summed E-state index contributed by atoms with van der Waals surface area (Å²) in [6, 6.07) is 7.07. The molecule has 0 fully saturated rings. The number of carbonyl (C=O) groups excluding carboxylic acids is 1. The molecule has 0 saturated heterocycles. The number of alkyl halides is 1. The molecule has 1 amide bonds. The summed E-state index contributed by atoms with van der Waals surface area (Å²) in [6.45, 7) is 2.78. The van der Waals surface area contributed by atoms with Gasteiger partial charge in [-0.3, -0.25) is 4.79 Å². The lowest BCUT2D eigenvalue weighted by atomic mass is 10.1. The van der Waals surface area contributed by atoms with Crippen molar-refractivity contribution in [2.75, 3.05) is 11.9 Å². The quantitative estimate of drug-likeness (QED) is 0.829. The Morgan fingerprint density at radius 3 is 2.81 bits per heavy atom. The van der Waals surface area contributed by atoms with Crippen LogP contribution >= 0.6 is 27.5 Å². The standard InChI is InChI=1S/C12H15BrClNO/c1-9(6-7-13)8-15-12(16)10-4-2-3-5-11(10)14/h2-5,9H,6-8H2,1H3,(H,15,16). The van der Waals surface area contributed by atoms with Crippen molar-refractivity contribution in [3.63, 3.8) is 0 Å². The van der Waals surface area contributed by atoms with E-state index in [2.05, 4.69) is 28.2 Å². The van der Waals surface area contributed by atoms with Gasteiger partial charge in [0.25, 0.3) is 5.91 Å². The fraction of sp³-hybridized carbons (Fsp3) is 0.417. The predicted octanol–water partition coefficient (Wildman–Crippen LogP) is 3.49. The summed E-state index contributed by atoms with van der Waals surface area (Å²) < 4.78 is 0. The molecule has 0 spiro atoms. The summed E-state index contributed by atoms with van der Waals surface area (Å²) in [5.41, 5.74) is 0.537. The van der Waals surface area contributed by atoms with E-state index in [1.807, 2.05) is 12.1 Å². The van der Waals surface area contributed by atoms with Gasteiger partial charge < -0.3 is 5.32 Å². The SMILES string of the molecule is CC(CCBr)CNC(=O)c1ccccc1Cl. The Hall–Kier alpha value is -0.540. The van der Waals surface area contributed by atoms with Crippen LogP contribution in [-0.2, 0) is 0 Å². The maximum absolute atomic E-state index is 11.8. The Labute approximate surface area is 110 Å². The molecule has 0 bridgehead atoms. The van der Waals surface area contributed by atoms with E-state index in [1.165, 1.54) is 0 Å². The highest BCUT2D eigenvalue weighted by atomic mass is 79.9. The van der Waals surface area contributed by atoms with Gasteiger partial charge in [-0.15, -0.1) is 0 Å². The number of carbonyl (C=O) groups is 1. The smallest absolute Gasteiger partial charge is 0.252 e. The molecule has 1 aromatic carbocycles. The zero-order valence-corrected chi connectivity index (χ0v) is 11.5. The minimum Gasteiger partial charge on any atom is -0.352 e. The molecule has 4 heteroatoms. The van der Waals surface area contributed by atoms with Gasteiger partial charge in [0.15, 0.2) is 0 Å². The van der Waals surface area contributed by atoms with Crippen LogP contribution < -0.4 is 5.32 Å². The third kappa shape index (κ3) is 4.14. The normalized spacial score (nSPS) is 12.2. The van der Waals surface area contributed by atoms with Crippen LogP contribution in [0.2, 0.25) is 5.02 Å². The summed E-state index contributed by atoms with van der Waals surface area (Å²) in [6.07, 6.45) is 1.04. The molecule has 1 unspecified atom stereocenters. The number of nitrogens with one attached hydrogen (secondary N) is 1. The molecule has 0 aromatic heterocycles. The highest BCUT2D eigenvalue weighted by Crippen LogP contribution is 2.14. The number of hydrogen-bond donors (Lipinski definition) is 1. The molecular weight excluding hydrogens is 289 g/mol. The van der Waals surface area contributed by atoms with Crippen molar-refractivity contribution in [2.24, 2.45) is 5.92 Å². The van der Waals surface area contributed by atoms with E-state index < -0.39 is 0 Å². The molecule has 1 aromatic rings. The molecule has 0 saturated carbocycles. The first-order valence-corrected chi connectivity index (χ1v) is 6.73. The van der Waals surface area contributed by atoms with Crippen molar-refractivity contribution in [3.8, 4) is 0 Å². The molecule has 0 radical (unpaired) electrons. The number of halogens is 2. The fourth-order valence-corrected chi connectivity index (χ4v) is 2.30. The molecule has 16 heavy (non-hydrogen) atoms. The molecule has 88 valence electrons. The van der Waals surface area contributed by atoms with Crippen LogP contribution in [0.15, 0.2) is 24.3 Å². The van der Waals surface area contributed by atoms with Crippen LogP contribution in [0.25, 0.3) is 0 Å². The fourth-order valence-electron chi connectivity index (χ4n) is 1.30. The topological polar surface area (TPSA) is 29.1 Å². The van der Waals surface area contributed by atoms with Crippen molar-refractivity contribution >= 4 is 33.4 Å². The zero-order chi connectivity index (χ0) is 12.0. The Bertz CT molecular complexity index is 357. The van der Waals surface area contributed by atoms with E-state index >= 15 is 0 Å². The summed E-state index contributed by atoms with van der Waals surface area (Å²) in [4.78, 5) is 11.8. The van der Waals surface area contributed by atoms with E-state index in [9.17, 15) is 4.79 Å². The maximum atomic E-state index is 11.8. The minimum absolute atomic E-state index is 0.105. The van der Waals surface area contributed by atoms with Crippen molar-refractivity contribution in [2.45, 2.75) is 13.3 Å². The number of rotatable bonds is 5. The molecule has 2 nitrogen and oxygen atoms in total. The molecule has 0 aliphatic carbocycles. The summed E-state index contributed by atoms with van der Waals surface area (Å²) >= 11 is 9.31. The van der Waals surface area contributed by atoms with E-state index in [1.54, 1.807) is 12.1 Å². The van der Waals surface area contributed by atoms with Gasteiger partial charge in [0.2, 0.25) is 0 Å². The van der Waals surface area contributed by atoms with E-state index in [0.29, 0.717) is 23.0 Å². The number of hydrogen-bond acceptors (Lipinski definition) is 1. The molecule has 0 heterocycles. The van der Waals surface area contributed by atoms with Crippen molar-refractivity contribution < 1.29 is 4.79 Å². The number of benzene rings is 1. The van der Waals surface area contributed by atoms with Crippen LogP contribution in [0, 0.1) is 5.92 Å². The predicted molar refractivity (Wildman–Crippen MR) is 71.4 cm³/mol. The molecule has 1 N–H and O–H groups in total. The van der Waals surface area contributed by atoms with Crippen LogP contribution in [0.1, 0.15) is 23.7 Å². The van der Waals surface area contributed by atoms with Crippen molar-refractivity contribution in [3.05, 3.63) is 34.9 Å². The maximum Gasteiger partial charge on any atom is 0.252 e. The lowest BCUT2D eigenvalue weighted by molar-refractivity contribution is 0.0948. The Morgan fingerprint density at radius 1 is 1.50 bits per heavy atom. The van der Waals surface area contributed by atoms with Crippen LogP contribution in [-0.4, -0.2) is 17.8 Å². The second-order valence-electron chi connectivity index (χ2n) is 3.77.